The van der Waals surface area contributed by atoms with Crippen molar-refractivity contribution in [1.29, 1.82) is 5.26 Å². The molecule has 0 bridgehead atoms. The monoisotopic (exact) mass is 511 g/mol. The highest BCUT2D eigenvalue weighted by molar-refractivity contribution is 8.03. The fourth-order valence-corrected chi connectivity index (χ4v) is 4.66. The Bertz CT molecular complexity index is 1280. The molecule has 1 unspecified atom stereocenters. The first kappa shape index (κ1) is 26.1. The maximum absolute atomic E-state index is 14.8. The quantitative estimate of drug-likeness (QED) is 0.355. The van der Waals surface area contributed by atoms with Crippen LogP contribution in [-0.2, 0) is 14.3 Å². The number of carbonyl (C=O) groups excluding carboxylic acids is 2. The van der Waals surface area contributed by atoms with Gasteiger partial charge in [0.1, 0.15) is 12.4 Å². The summed E-state index contributed by atoms with van der Waals surface area (Å²) in [4.78, 5) is 25.5. The zero-order valence-corrected chi connectivity index (χ0v) is 20.7. The molecule has 0 aromatic heterocycles. The van der Waals surface area contributed by atoms with Crippen LogP contribution in [0.3, 0.4) is 0 Å². The van der Waals surface area contributed by atoms with E-state index in [1.807, 2.05) is 0 Å². The highest BCUT2D eigenvalue weighted by Gasteiger charge is 2.37. The van der Waals surface area contributed by atoms with Crippen LogP contribution in [0.5, 0.6) is 0 Å². The number of allylic oxidation sites excluding steroid dienone is 2. The third-order valence-electron chi connectivity index (χ3n) is 5.31. The van der Waals surface area contributed by atoms with Gasteiger partial charge < -0.3 is 15.4 Å². The summed E-state index contributed by atoms with van der Waals surface area (Å²) in [6, 6.07) is 13.2. The number of carbonyl (C=O) groups is 2. The van der Waals surface area contributed by atoms with Gasteiger partial charge >= 0.3 is 5.97 Å². The Hall–Kier alpha value is -3.54. The highest BCUT2D eigenvalue weighted by atomic mass is 35.5. The molecule has 2 N–H and O–H groups in total. The maximum atomic E-state index is 14.8. The summed E-state index contributed by atoms with van der Waals surface area (Å²) in [7, 11) is 0. The summed E-state index contributed by atoms with van der Waals surface area (Å²) in [6.45, 7) is 6.94. The number of benzene rings is 2. The van der Waals surface area contributed by atoms with Crippen LogP contribution < -0.4 is 10.6 Å². The Labute approximate surface area is 212 Å². The minimum atomic E-state index is -1.000. The van der Waals surface area contributed by atoms with Crippen LogP contribution >= 0.6 is 23.4 Å². The fourth-order valence-electron chi connectivity index (χ4n) is 3.60. The predicted molar refractivity (Wildman–Crippen MR) is 136 cm³/mol. The van der Waals surface area contributed by atoms with E-state index in [-0.39, 0.29) is 35.0 Å². The molecule has 0 saturated heterocycles. The van der Waals surface area contributed by atoms with E-state index in [9.17, 15) is 19.2 Å². The standard InChI is InChI=1S/C26H23ClFN3O3S/c1-4-12-34-26(33)23-16(3)30-25(18(13-29)24(23)17-8-5-6-10-20(17)28)35-14-22(32)31-21-11-7-9-19(27)15(21)2/h4-11,24,30H,1,12,14H2,2-3H3,(H,31,32). The second-order valence-corrected chi connectivity index (χ2v) is 9.00. The van der Waals surface area contributed by atoms with E-state index in [0.29, 0.717) is 21.4 Å². The van der Waals surface area contributed by atoms with Gasteiger partial charge in [-0.15, -0.1) is 0 Å². The van der Waals surface area contributed by atoms with Gasteiger partial charge in [0.25, 0.3) is 0 Å². The minimum Gasteiger partial charge on any atom is -0.458 e. The molecular formula is C26H23ClFN3O3S. The molecule has 2 aromatic carbocycles. The number of thioether (sulfide) groups is 1. The van der Waals surface area contributed by atoms with Gasteiger partial charge in [0.2, 0.25) is 5.91 Å². The van der Waals surface area contributed by atoms with Crippen molar-refractivity contribution < 1.29 is 18.7 Å². The second kappa shape index (κ2) is 11.7. The Balaban J connectivity index is 1.92. The lowest BCUT2D eigenvalue weighted by Crippen LogP contribution is -2.30. The average molecular weight is 512 g/mol. The van der Waals surface area contributed by atoms with Gasteiger partial charge in [0, 0.05) is 22.0 Å². The van der Waals surface area contributed by atoms with Crippen molar-refractivity contribution in [2.45, 2.75) is 19.8 Å². The molecule has 180 valence electrons. The lowest BCUT2D eigenvalue weighted by molar-refractivity contribution is -0.138. The van der Waals surface area contributed by atoms with Crippen molar-refractivity contribution in [2.75, 3.05) is 17.7 Å². The molecule has 1 heterocycles. The summed E-state index contributed by atoms with van der Waals surface area (Å²) >= 11 is 7.20. The normalized spacial score (nSPS) is 15.2. The van der Waals surface area contributed by atoms with E-state index >= 15 is 0 Å². The van der Waals surface area contributed by atoms with Crippen molar-refractivity contribution in [3.05, 3.63) is 99.0 Å². The lowest BCUT2D eigenvalue weighted by Gasteiger charge is -2.29. The molecule has 1 amide bonds. The molecule has 1 aliphatic rings. The molecule has 2 aromatic rings. The SMILES string of the molecule is C=CCOC(=O)C1=C(C)NC(SCC(=O)Nc2cccc(Cl)c2C)=C(C#N)C1c1ccccc1F. The van der Waals surface area contributed by atoms with Gasteiger partial charge in [-0.1, -0.05) is 60.3 Å². The Morgan fingerprint density at radius 3 is 2.71 bits per heavy atom. The molecule has 1 atom stereocenters. The smallest absolute Gasteiger partial charge is 0.337 e. The van der Waals surface area contributed by atoms with E-state index in [0.717, 1.165) is 17.3 Å². The Morgan fingerprint density at radius 2 is 2.03 bits per heavy atom. The summed E-state index contributed by atoms with van der Waals surface area (Å²) in [6.07, 6.45) is 1.42. The number of amides is 1. The second-order valence-electron chi connectivity index (χ2n) is 7.61. The predicted octanol–water partition coefficient (Wildman–Crippen LogP) is 5.58. The number of nitriles is 1. The van der Waals surface area contributed by atoms with Gasteiger partial charge in [0.05, 0.1) is 33.9 Å². The van der Waals surface area contributed by atoms with Crippen LogP contribution in [0.4, 0.5) is 10.1 Å². The summed E-state index contributed by atoms with van der Waals surface area (Å²) in [5, 5.41) is 16.7. The number of hydrogen-bond donors (Lipinski definition) is 2. The molecule has 9 heteroatoms. The van der Waals surface area contributed by atoms with Crippen molar-refractivity contribution in [1.82, 2.24) is 5.32 Å². The molecule has 0 spiro atoms. The van der Waals surface area contributed by atoms with Crippen LogP contribution in [0, 0.1) is 24.1 Å². The van der Waals surface area contributed by atoms with Crippen molar-refractivity contribution in [3.8, 4) is 6.07 Å². The van der Waals surface area contributed by atoms with Crippen LogP contribution in [0.15, 0.2) is 77.0 Å². The van der Waals surface area contributed by atoms with Gasteiger partial charge in [0.15, 0.2) is 0 Å². The van der Waals surface area contributed by atoms with E-state index < -0.39 is 17.7 Å². The fraction of sp³-hybridized carbons (Fsp3) is 0.192. The number of nitrogens with zero attached hydrogens (tertiary/aromatic N) is 1. The first-order valence-corrected chi connectivity index (χ1v) is 12.0. The topological polar surface area (TPSA) is 91.2 Å². The number of ether oxygens (including phenoxy) is 1. The van der Waals surface area contributed by atoms with E-state index in [1.54, 1.807) is 38.1 Å². The van der Waals surface area contributed by atoms with Gasteiger partial charge in [-0.2, -0.15) is 5.26 Å². The Morgan fingerprint density at radius 1 is 1.29 bits per heavy atom. The van der Waals surface area contributed by atoms with E-state index in [4.69, 9.17) is 16.3 Å². The molecule has 0 fully saturated rings. The number of dihydropyridines is 1. The number of anilines is 1. The third kappa shape index (κ3) is 5.94. The first-order chi connectivity index (χ1) is 16.8. The minimum absolute atomic E-state index is 0.0318. The molecule has 0 saturated carbocycles. The number of halogens is 2. The van der Waals surface area contributed by atoms with E-state index in [2.05, 4.69) is 23.3 Å². The van der Waals surface area contributed by atoms with Crippen LogP contribution in [0.1, 0.15) is 24.0 Å². The summed E-state index contributed by atoms with van der Waals surface area (Å²) in [5.74, 6) is -2.60. The third-order valence-corrected chi connectivity index (χ3v) is 6.73. The van der Waals surface area contributed by atoms with Gasteiger partial charge in [-0.25, -0.2) is 9.18 Å². The average Bonchev–Trinajstić information content (AvgIpc) is 2.84. The van der Waals surface area contributed by atoms with Crippen LogP contribution in [0.25, 0.3) is 0 Å². The largest absolute Gasteiger partial charge is 0.458 e. The first-order valence-electron chi connectivity index (χ1n) is 10.6. The molecule has 0 aliphatic carbocycles. The molecule has 35 heavy (non-hydrogen) atoms. The Kier molecular flexibility index (Phi) is 8.74. The molecule has 6 nitrogen and oxygen atoms in total. The molecule has 1 aliphatic heterocycles. The number of rotatable bonds is 8. The van der Waals surface area contributed by atoms with Crippen LogP contribution in [-0.4, -0.2) is 24.2 Å². The molecule has 3 rings (SSSR count). The molecule has 0 radical (unpaired) electrons. The summed E-state index contributed by atoms with van der Waals surface area (Å²) in [5.41, 5.74) is 2.12. The summed E-state index contributed by atoms with van der Waals surface area (Å²) < 4.78 is 20.0. The van der Waals surface area contributed by atoms with Gasteiger partial charge in [-0.3, -0.25) is 4.79 Å². The number of nitrogens with one attached hydrogen (secondary N) is 2. The zero-order chi connectivity index (χ0) is 25.5. The highest BCUT2D eigenvalue weighted by Crippen LogP contribution is 2.41. The van der Waals surface area contributed by atoms with E-state index in [1.165, 1.54) is 24.3 Å². The number of hydrogen-bond acceptors (Lipinski definition) is 6. The van der Waals surface area contributed by atoms with Crippen molar-refractivity contribution >= 4 is 40.9 Å². The van der Waals surface area contributed by atoms with Gasteiger partial charge in [-0.05, 0) is 37.6 Å². The maximum Gasteiger partial charge on any atom is 0.337 e. The van der Waals surface area contributed by atoms with Crippen molar-refractivity contribution in [2.24, 2.45) is 0 Å². The van der Waals surface area contributed by atoms with Crippen LogP contribution in [0.2, 0.25) is 5.02 Å². The molecular weight excluding hydrogens is 489 g/mol. The zero-order valence-electron chi connectivity index (χ0n) is 19.2. The number of esters is 1. The van der Waals surface area contributed by atoms with Crippen molar-refractivity contribution in [3.63, 3.8) is 0 Å². The lowest BCUT2D eigenvalue weighted by atomic mass is 9.82.